The SMILES string of the molecule is Cc1ccc(S(N)(=O)=O)cc1C(=O)N(CCCN(C)C)Cc1ccc(Cl)c(Cl)c1. The van der Waals surface area contributed by atoms with E-state index in [4.69, 9.17) is 28.3 Å². The van der Waals surface area contributed by atoms with Gasteiger partial charge < -0.3 is 9.80 Å². The quantitative estimate of drug-likeness (QED) is 0.656. The Labute approximate surface area is 182 Å². The van der Waals surface area contributed by atoms with E-state index in [0.29, 0.717) is 34.3 Å². The molecule has 9 heteroatoms. The van der Waals surface area contributed by atoms with E-state index in [9.17, 15) is 13.2 Å². The third-order valence-electron chi connectivity index (χ3n) is 4.45. The van der Waals surface area contributed by atoms with Gasteiger partial charge in [-0.2, -0.15) is 0 Å². The second kappa shape index (κ2) is 9.91. The molecule has 2 aromatic rings. The minimum absolute atomic E-state index is 0.0887. The lowest BCUT2D eigenvalue weighted by molar-refractivity contribution is 0.0736. The van der Waals surface area contributed by atoms with Gasteiger partial charge in [-0.25, -0.2) is 13.6 Å². The Balaban J connectivity index is 2.36. The zero-order chi connectivity index (χ0) is 21.8. The monoisotopic (exact) mass is 457 g/mol. The maximum atomic E-state index is 13.3. The Bertz CT molecular complexity index is 994. The third kappa shape index (κ3) is 6.69. The first-order valence-corrected chi connectivity index (χ1v) is 11.3. The lowest BCUT2D eigenvalue weighted by atomic mass is 10.1. The molecule has 2 aromatic carbocycles. The standard InChI is InChI=1S/C20H25Cl2N3O3S/c1-14-5-7-16(29(23,27)28)12-17(14)20(26)25(10-4-9-24(2)3)13-15-6-8-18(21)19(22)11-15/h5-8,11-12H,4,9-10,13H2,1-3H3,(H2,23,27,28). The van der Waals surface area contributed by atoms with E-state index >= 15 is 0 Å². The highest BCUT2D eigenvalue weighted by atomic mass is 35.5. The van der Waals surface area contributed by atoms with Crippen LogP contribution in [0.3, 0.4) is 0 Å². The van der Waals surface area contributed by atoms with E-state index in [2.05, 4.69) is 0 Å². The number of benzene rings is 2. The molecule has 0 spiro atoms. The largest absolute Gasteiger partial charge is 0.334 e. The number of primary sulfonamides is 1. The van der Waals surface area contributed by atoms with Gasteiger partial charge in [0.05, 0.1) is 14.9 Å². The van der Waals surface area contributed by atoms with Crippen molar-refractivity contribution >= 4 is 39.1 Å². The minimum Gasteiger partial charge on any atom is -0.334 e. The summed E-state index contributed by atoms with van der Waals surface area (Å²) < 4.78 is 23.4. The third-order valence-corrected chi connectivity index (χ3v) is 6.10. The molecule has 0 atom stereocenters. The molecule has 0 aliphatic rings. The van der Waals surface area contributed by atoms with E-state index in [-0.39, 0.29) is 10.8 Å². The number of amides is 1. The van der Waals surface area contributed by atoms with Crippen molar-refractivity contribution in [2.75, 3.05) is 27.2 Å². The van der Waals surface area contributed by atoms with Crippen LogP contribution in [0.5, 0.6) is 0 Å². The number of rotatable bonds is 8. The number of sulfonamides is 1. The van der Waals surface area contributed by atoms with Crippen molar-refractivity contribution < 1.29 is 13.2 Å². The molecule has 0 aliphatic carbocycles. The minimum atomic E-state index is -3.91. The summed E-state index contributed by atoms with van der Waals surface area (Å²) in [6, 6.07) is 9.55. The van der Waals surface area contributed by atoms with Crippen LogP contribution < -0.4 is 5.14 Å². The van der Waals surface area contributed by atoms with Gasteiger partial charge in [0.15, 0.2) is 0 Å². The molecule has 0 radical (unpaired) electrons. The zero-order valence-electron chi connectivity index (χ0n) is 16.7. The van der Waals surface area contributed by atoms with Crippen LogP contribution in [0, 0.1) is 6.92 Å². The number of nitrogens with zero attached hydrogens (tertiary/aromatic N) is 2. The number of halogens is 2. The molecule has 158 valence electrons. The average molecular weight is 458 g/mol. The highest BCUT2D eigenvalue weighted by Crippen LogP contribution is 2.24. The van der Waals surface area contributed by atoms with Crippen LogP contribution in [0.1, 0.15) is 27.9 Å². The Morgan fingerprint density at radius 3 is 2.31 bits per heavy atom. The number of aryl methyl sites for hydroxylation is 1. The lowest BCUT2D eigenvalue weighted by Crippen LogP contribution is -2.33. The molecule has 2 rings (SSSR count). The summed E-state index contributed by atoms with van der Waals surface area (Å²) in [5.41, 5.74) is 1.81. The fourth-order valence-corrected chi connectivity index (χ4v) is 3.73. The molecule has 0 saturated heterocycles. The summed E-state index contributed by atoms with van der Waals surface area (Å²) in [4.78, 5) is 16.9. The van der Waals surface area contributed by atoms with Crippen LogP contribution >= 0.6 is 23.2 Å². The van der Waals surface area contributed by atoms with Crippen molar-refractivity contribution in [1.29, 1.82) is 0 Å². The number of carbonyl (C=O) groups is 1. The van der Waals surface area contributed by atoms with Crippen molar-refractivity contribution in [3.8, 4) is 0 Å². The van der Waals surface area contributed by atoms with Gasteiger partial charge in [0, 0.05) is 18.7 Å². The van der Waals surface area contributed by atoms with Gasteiger partial charge in [0.2, 0.25) is 10.0 Å². The maximum absolute atomic E-state index is 13.3. The molecule has 0 fully saturated rings. The maximum Gasteiger partial charge on any atom is 0.254 e. The summed E-state index contributed by atoms with van der Waals surface area (Å²) in [7, 11) is 0.0180. The molecule has 0 saturated carbocycles. The fourth-order valence-electron chi connectivity index (χ4n) is 2.87. The highest BCUT2D eigenvalue weighted by Gasteiger charge is 2.21. The van der Waals surface area contributed by atoms with Gasteiger partial charge in [0.25, 0.3) is 5.91 Å². The van der Waals surface area contributed by atoms with Crippen molar-refractivity contribution in [2.24, 2.45) is 5.14 Å². The second-order valence-corrected chi connectivity index (χ2v) is 9.53. The van der Waals surface area contributed by atoms with Gasteiger partial charge in [-0.1, -0.05) is 35.3 Å². The second-order valence-electron chi connectivity index (χ2n) is 7.15. The van der Waals surface area contributed by atoms with Crippen molar-refractivity contribution in [3.63, 3.8) is 0 Å². The molecular weight excluding hydrogens is 433 g/mol. The smallest absolute Gasteiger partial charge is 0.254 e. The first-order chi connectivity index (χ1) is 13.5. The van der Waals surface area contributed by atoms with Crippen LogP contribution in [-0.2, 0) is 16.6 Å². The number of hydrogen-bond donors (Lipinski definition) is 1. The Hall–Kier alpha value is -1.64. The predicted octanol–water partition coefficient (Wildman–Crippen LogP) is 3.54. The molecular formula is C20H25Cl2N3O3S. The van der Waals surface area contributed by atoms with Crippen molar-refractivity contribution in [3.05, 3.63) is 63.1 Å². The van der Waals surface area contributed by atoms with Crippen LogP contribution in [0.15, 0.2) is 41.3 Å². The van der Waals surface area contributed by atoms with Crippen LogP contribution in [-0.4, -0.2) is 51.3 Å². The molecule has 29 heavy (non-hydrogen) atoms. The Kier molecular flexibility index (Phi) is 8.08. The number of nitrogens with two attached hydrogens (primary N) is 1. The summed E-state index contributed by atoms with van der Waals surface area (Å²) in [6.07, 6.45) is 0.758. The zero-order valence-corrected chi connectivity index (χ0v) is 19.0. The van der Waals surface area contributed by atoms with E-state index < -0.39 is 10.0 Å². The van der Waals surface area contributed by atoms with Crippen molar-refractivity contribution in [2.45, 2.75) is 24.8 Å². The summed E-state index contributed by atoms with van der Waals surface area (Å²) >= 11 is 12.1. The Morgan fingerprint density at radius 2 is 1.72 bits per heavy atom. The van der Waals surface area contributed by atoms with Gasteiger partial charge in [-0.15, -0.1) is 0 Å². The van der Waals surface area contributed by atoms with Gasteiger partial charge in [0.1, 0.15) is 0 Å². The molecule has 2 N–H and O–H groups in total. The molecule has 0 heterocycles. The highest BCUT2D eigenvalue weighted by molar-refractivity contribution is 7.89. The van der Waals surface area contributed by atoms with E-state index in [1.54, 1.807) is 30.0 Å². The van der Waals surface area contributed by atoms with Crippen LogP contribution in [0.4, 0.5) is 0 Å². The van der Waals surface area contributed by atoms with Crippen LogP contribution in [0.25, 0.3) is 0 Å². The molecule has 0 aromatic heterocycles. The first kappa shape index (κ1) is 23.6. The number of hydrogen-bond acceptors (Lipinski definition) is 4. The van der Waals surface area contributed by atoms with E-state index in [1.165, 1.54) is 12.1 Å². The molecule has 0 bridgehead atoms. The topological polar surface area (TPSA) is 83.7 Å². The Morgan fingerprint density at radius 1 is 1.03 bits per heavy atom. The van der Waals surface area contributed by atoms with E-state index in [0.717, 1.165) is 18.5 Å². The molecule has 1 amide bonds. The molecule has 0 aliphatic heterocycles. The normalized spacial score (nSPS) is 11.7. The van der Waals surface area contributed by atoms with Gasteiger partial charge in [-0.05, 0) is 69.4 Å². The summed E-state index contributed by atoms with van der Waals surface area (Å²) in [5.74, 6) is -0.266. The first-order valence-electron chi connectivity index (χ1n) is 9.00. The molecule has 6 nitrogen and oxygen atoms in total. The number of carbonyl (C=O) groups excluding carboxylic acids is 1. The summed E-state index contributed by atoms with van der Waals surface area (Å²) in [5, 5.41) is 6.09. The fraction of sp³-hybridized carbons (Fsp3) is 0.350. The van der Waals surface area contributed by atoms with Crippen molar-refractivity contribution in [1.82, 2.24) is 9.80 Å². The van der Waals surface area contributed by atoms with Gasteiger partial charge in [-0.3, -0.25) is 4.79 Å². The van der Waals surface area contributed by atoms with Gasteiger partial charge >= 0.3 is 0 Å². The summed E-state index contributed by atoms with van der Waals surface area (Å²) in [6.45, 7) is 3.39. The van der Waals surface area contributed by atoms with Crippen LogP contribution in [0.2, 0.25) is 10.0 Å². The predicted molar refractivity (Wildman–Crippen MR) is 117 cm³/mol. The van der Waals surface area contributed by atoms with E-state index in [1.807, 2.05) is 25.1 Å². The average Bonchev–Trinajstić information content (AvgIpc) is 2.62. The molecule has 0 unspecified atom stereocenters. The lowest BCUT2D eigenvalue weighted by Gasteiger charge is -2.25.